The van der Waals surface area contributed by atoms with Crippen molar-refractivity contribution in [2.75, 3.05) is 11.6 Å². The summed E-state index contributed by atoms with van der Waals surface area (Å²) in [7, 11) is -3.49. The second-order valence-electron chi connectivity index (χ2n) is 6.55. The molecule has 130 valence electrons. The second-order valence-corrected chi connectivity index (χ2v) is 9.57. The molecule has 1 aromatic heterocycles. The Bertz CT molecular complexity index is 897. The van der Waals surface area contributed by atoms with Crippen molar-refractivity contribution < 1.29 is 17.6 Å². The number of carbonyl (C=O) groups is 1. The summed E-state index contributed by atoms with van der Waals surface area (Å²) in [5, 5.41) is 3.24. The highest BCUT2D eigenvalue weighted by Gasteiger charge is 2.24. The third kappa shape index (κ3) is 3.99. The molecule has 1 N–H and O–H groups in total. The van der Waals surface area contributed by atoms with E-state index in [4.69, 9.17) is 0 Å². The van der Waals surface area contributed by atoms with Gasteiger partial charge < -0.3 is 5.32 Å². The molecule has 0 saturated carbocycles. The lowest BCUT2D eigenvalue weighted by atomic mass is 9.98. The molecule has 0 fully saturated rings. The van der Waals surface area contributed by atoms with E-state index in [0.717, 1.165) is 29.5 Å². The zero-order chi connectivity index (χ0) is 18.3. The van der Waals surface area contributed by atoms with Crippen molar-refractivity contribution in [3.05, 3.63) is 39.6 Å². The van der Waals surface area contributed by atoms with Crippen LogP contribution in [0.2, 0.25) is 0 Å². The number of halogens is 1. The van der Waals surface area contributed by atoms with E-state index in [1.165, 1.54) is 11.3 Å². The molecule has 1 heterocycles. The maximum atomic E-state index is 13.9. The van der Waals surface area contributed by atoms with Crippen LogP contribution in [-0.2, 0) is 15.3 Å². The van der Waals surface area contributed by atoms with Crippen LogP contribution >= 0.6 is 11.3 Å². The highest BCUT2D eigenvalue weighted by atomic mass is 32.2. The second kappa shape index (κ2) is 6.25. The first kappa shape index (κ1) is 18.5. The molecule has 0 aliphatic carbocycles. The largest absolute Gasteiger partial charge is 0.319 e. The van der Waals surface area contributed by atoms with Crippen LogP contribution in [0.25, 0.3) is 0 Å². The number of sulfone groups is 1. The van der Waals surface area contributed by atoms with Crippen molar-refractivity contribution in [1.29, 1.82) is 0 Å². The number of rotatable bonds is 3. The van der Waals surface area contributed by atoms with E-state index in [1.807, 2.05) is 20.8 Å². The van der Waals surface area contributed by atoms with E-state index >= 15 is 0 Å². The van der Waals surface area contributed by atoms with Crippen LogP contribution in [0.4, 0.5) is 10.1 Å². The molecule has 24 heavy (non-hydrogen) atoms. The number of hydrogen-bond donors (Lipinski definition) is 1. The minimum atomic E-state index is -3.49. The molecule has 1 aromatic carbocycles. The summed E-state index contributed by atoms with van der Waals surface area (Å²) < 4.78 is 37.1. The Balaban J connectivity index is 2.36. The Morgan fingerprint density at radius 3 is 2.42 bits per heavy atom. The first-order valence-corrected chi connectivity index (χ1v) is 9.89. The number of carbonyl (C=O) groups excluding carboxylic acids is 1. The van der Waals surface area contributed by atoms with Gasteiger partial charge in [0.25, 0.3) is 5.91 Å². The lowest BCUT2D eigenvalue weighted by Crippen LogP contribution is -2.13. The van der Waals surface area contributed by atoms with Crippen LogP contribution in [0.3, 0.4) is 0 Å². The minimum Gasteiger partial charge on any atom is -0.319 e. The van der Waals surface area contributed by atoms with Crippen LogP contribution in [0, 0.1) is 12.7 Å². The van der Waals surface area contributed by atoms with Crippen LogP contribution in [0.1, 0.15) is 41.1 Å². The standard InChI is InChI=1S/C16H19FN2O3S2/c1-9-13(23-15(18-9)16(2,3)4)14(20)19-12-8-10(24(5,21)22)6-7-11(12)17/h6-8H,1-5H3,(H,19,20). The zero-order valence-corrected chi connectivity index (χ0v) is 15.7. The van der Waals surface area contributed by atoms with E-state index in [-0.39, 0.29) is 16.0 Å². The van der Waals surface area contributed by atoms with Gasteiger partial charge >= 0.3 is 0 Å². The monoisotopic (exact) mass is 370 g/mol. The molecule has 0 radical (unpaired) electrons. The Kier molecular flexibility index (Phi) is 4.83. The molecule has 0 spiro atoms. The van der Waals surface area contributed by atoms with E-state index in [9.17, 15) is 17.6 Å². The van der Waals surface area contributed by atoms with Crippen molar-refractivity contribution in [2.24, 2.45) is 0 Å². The summed E-state index contributed by atoms with van der Waals surface area (Å²) in [4.78, 5) is 17.1. The molecular weight excluding hydrogens is 351 g/mol. The van der Waals surface area contributed by atoms with Crippen molar-refractivity contribution in [3.63, 3.8) is 0 Å². The molecule has 0 bridgehead atoms. The molecule has 2 aromatic rings. The summed E-state index contributed by atoms with van der Waals surface area (Å²) in [5.74, 6) is -1.21. The Morgan fingerprint density at radius 1 is 1.29 bits per heavy atom. The number of thiazole rings is 1. The molecular formula is C16H19FN2O3S2. The lowest BCUT2D eigenvalue weighted by molar-refractivity contribution is 0.102. The number of hydrogen-bond acceptors (Lipinski definition) is 5. The Morgan fingerprint density at radius 2 is 1.92 bits per heavy atom. The van der Waals surface area contributed by atoms with Crippen LogP contribution in [-0.4, -0.2) is 25.6 Å². The molecule has 5 nitrogen and oxygen atoms in total. The Labute approximate surface area is 144 Å². The predicted octanol–water partition coefficient (Wildman–Crippen LogP) is 3.54. The number of amides is 1. The SMILES string of the molecule is Cc1nc(C(C)(C)C)sc1C(=O)Nc1cc(S(C)(=O)=O)ccc1F. The van der Waals surface area contributed by atoms with Gasteiger partial charge in [0, 0.05) is 11.7 Å². The number of nitrogens with one attached hydrogen (secondary N) is 1. The summed E-state index contributed by atoms with van der Waals surface area (Å²) in [6, 6.07) is 3.30. The first-order valence-electron chi connectivity index (χ1n) is 7.18. The van der Waals surface area contributed by atoms with E-state index in [0.29, 0.717) is 10.6 Å². The van der Waals surface area contributed by atoms with Crippen LogP contribution < -0.4 is 5.32 Å². The fraction of sp³-hybridized carbons (Fsp3) is 0.375. The van der Waals surface area contributed by atoms with Gasteiger partial charge in [-0.25, -0.2) is 17.8 Å². The first-order chi connectivity index (χ1) is 10.9. The summed E-state index contributed by atoms with van der Waals surface area (Å²) in [5.41, 5.74) is 0.185. The van der Waals surface area contributed by atoms with Gasteiger partial charge in [0.2, 0.25) is 0 Å². The highest BCUT2D eigenvalue weighted by molar-refractivity contribution is 7.90. The van der Waals surface area contributed by atoms with Gasteiger partial charge in [-0.15, -0.1) is 11.3 Å². The van der Waals surface area contributed by atoms with Gasteiger partial charge in [-0.1, -0.05) is 20.8 Å². The Hall–Kier alpha value is -1.80. The highest BCUT2D eigenvalue weighted by Crippen LogP contribution is 2.30. The van der Waals surface area contributed by atoms with Crippen molar-refractivity contribution in [2.45, 2.75) is 38.0 Å². The zero-order valence-electron chi connectivity index (χ0n) is 14.1. The summed E-state index contributed by atoms with van der Waals surface area (Å²) in [6.07, 6.45) is 1.02. The normalized spacial score (nSPS) is 12.2. The average Bonchev–Trinajstić information content (AvgIpc) is 2.82. The number of nitrogens with zero attached hydrogens (tertiary/aromatic N) is 1. The summed E-state index contributed by atoms with van der Waals surface area (Å²) in [6.45, 7) is 7.68. The third-order valence-electron chi connectivity index (χ3n) is 3.26. The van der Waals surface area contributed by atoms with Gasteiger partial charge in [0.1, 0.15) is 10.7 Å². The van der Waals surface area contributed by atoms with Crippen molar-refractivity contribution in [1.82, 2.24) is 4.98 Å². The molecule has 2 rings (SSSR count). The topological polar surface area (TPSA) is 76.1 Å². The molecule has 1 amide bonds. The summed E-state index contributed by atoms with van der Waals surface area (Å²) >= 11 is 1.25. The van der Waals surface area contributed by atoms with Gasteiger partial charge in [-0.3, -0.25) is 4.79 Å². The smallest absolute Gasteiger partial charge is 0.267 e. The quantitative estimate of drug-likeness (QED) is 0.839. The number of aromatic nitrogens is 1. The number of aryl methyl sites for hydroxylation is 1. The molecule has 0 atom stereocenters. The van der Waals surface area contributed by atoms with Gasteiger partial charge in [-0.05, 0) is 25.1 Å². The third-order valence-corrected chi connectivity index (χ3v) is 5.95. The maximum Gasteiger partial charge on any atom is 0.267 e. The lowest BCUT2D eigenvalue weighted by Gasteiger charge is -2.13. The van der Waals surface area contributed by atoms with Crippen LogP contribution in [0.5, 0.6) is 0 Å². The fourth-order valence-electron chi connectivity index (χ4n) is 1.94. The van der Waals surface area contributed by atoms with E-state index < -0.39 is 21.6 Å². The van der Waals surface area contributed by atoms with Gasteiger partial charge in [-0.2, -0.15) is 0 Å². The van der Waals surface area contributed by atoms with Gasteiger partial charge in [0.05, 0.1) is 21.3 Å². The molecule has 8 heteroatoms. The predicted molar refractivity (Wildman–Crippen MR) is 93.0 cm³/mol. The minimum absolute atomic E-state index is 0.0596. The average molecular weight is 370 g/mol. The number of anilines is 1. The molecule has 0 saturated heterocycles. The van der Waals surface area contributed by atoms with Crippen molar-refractivity contribution >= 4 is 32.8 Å². The van der Waals surface area contributed by atoms with E-state index in [2.05, 4.69) is 10.3 Å². The molecule has 0 unspecified atom stereocenters. The maximum absolute atomic E-state index is 13.9. The molecule has 0 aliphatic rings. The fourth-order valence-corrected chi connectivity index (χ4v) is 3.60. The molecule has 0 aliphatic heterocycles. The number of benzene rings is 1. The van der Waals surface area contributed by atoms with Crippen LogP contribution in [0.15, 0.2) is 23.1 Å². The van der Waals surface area contributed by atoms with Gasteiger partial charge in [0.15, 0.2) is 9.84 Å². The van der Waals surface area contributed by atoms with E-state index in [1.54, 1.807) is 6.92 Å². The van der Waals surface area contributed by atoms with Crippen molar-refractivity contribution in [3.8, 4) is 0 Å².